The van der Waals surface area contributed by atoms with Crippen LogP contribution in [0.25, 0.3) is 0 Å². The third-order valence-corrected chi connectivity index (χ3v) is 2.76. The maximum absolute atomic E-state index is 13.5. The Morgan fingerprint density at radius 2 is 1.90 bits per heavy atom. The average Bonchev–Trinajstić information content (AvgIpc) is 2.29. The number of nitrogens with one attached hydrogen (secondary N) is 2. The Morgan fingerprint density at radius 3 is 2.40 bits per heavy atom. The minimum absolute atomic E-state index is 0.0144. The highest BCUT2D eigenvalue weighted by Crippen LogP contribution is 2.20. The number of benzene rings is 1. The number of hydrogen-bond donors (Lipinski definition) is 3. The van der Waals surface area contributed by atoms with E-state index in [9.17, 15) is 14.0 Å². The molecule has 0 bridgehead atoms. The zero-order valence-corrected chi connectivity index (χ0v) is 12.0. The minimum atomic E-state index is -1.14. The molecule has 1 atom stereocenters. The number of hydrogen-bond acceptors (Lipinski definition) is 2. The highest BCUT2D eigenvalue weighted by Gasteiger charge is 2.32. The fourth-order valence-corrected chi connectivity index (χ4v) is 1.67. The van der Waals surface area contributed by atoms with Crippen LogP contribution in [0.2, 0.25) is 0 Å². The van der Waals surface area contributed by atoms with Gasteiger partial charge in [0.2, 0.25) is 0 Å². The van der Waals surface area contributed by atoms with Gasteiger partial charge >= 0.3 is 12.0 Å². The van der Waals surface area contributed by atoms with Crippen molar-refractivity contribution in [3.05, 3.63) is 29.6 Å². The summed E-state index contributed by atoms with van der Waals surface area (Å²) in [6.07, 6.45) is 0. The van der Waals surface area contributed by atoms with E-state index in [1.807, 2.05) is 0 Å². The second-order valence-electron chi connectivity index (χ2n) is 5.72. The van der Waals surface area contributed by atoms with Crippen LogP contribution in [0.3, 0.4) is 0 Å². The van der Waals surface area contributed by atoms with E-state index in [0.29, 0.717) is 0 Å². The van der Waals surface area contributed by atoms with Crippen LogP contribution in [0, 0.1) is 18.2 Å². The molecule has 1 aromatic carbocycles. The number of aryl methyl sites for hydroxylation is 1. The van der Waals surface area contributed by atoms with Crippen LogP contribution < -0.4 is 10.6 Å². The molecule has 5 nitrogen and oxygen atoms in total. The summed E-state index contributed by atoms with van der Waals surface area (Å²) in [4.78, 5) is 22.9. The second kappa shape index (κ2) is 5.90. The minimum Gasteiger partial charge on any atom is -0.480 e. The number of rotatable bonds is 3. The Labute approximate surface area is 117 Å². The monoisotopic (exact) mass is 282 g/mol. The number of urea groups is 1. The first-order valence-corrected chi connectivity index (χ1v) is 6.17. The number of carbonyl (C=O) groups excluding carboxylic acids is 1. The zero-order valence-electron chi connectivity index (χ0n) is 12.0. The van der Waals surface area contributed by atoms with Crippen molar-refractivity contribution in [2.45, 2.75) is 33.7 Å². The van der Waals surface area contributed by atoms with Crippen LogP contribution in [-0.2, 0) is 4.79 Å². The molecule has 1 aromatic rings. The molecule has 0 heterocycles. The quantitative estimate of drug-likeness (QED) is 0.797. The van der Waals surface area contributed by atoms with E-state index in [0.717, 1.165) is 5.56 Å². The maximum atomic E-state index is 13.5. The molecule has 110 valence electrons. The van der Waals surface area contributed by atoms with E-state index >= 15 is 0 Å². The fraction of sp³-hybridized carbons (Fsp3) is 0.429. The van der Waals surface area contributed by atoms with E-state index < -0.39 is 29.3 Å². The number of anilines is 1. The lowest BCUT2D eigenvalue weighted by Crippen LogP contribution is -2.50. The summed E-state index contributed by atoms with van der Waals surface area (Å²) in [6, 6.07) is 2.46. The van der Waals surface area contributed by atoms with E-state index in [1.54, 1.807) is 33.8 Å². The highest BCUT2D eigenvalue weighted by atomic mass is 19.1. The smallest absolute Gasteiger partial charge is 0.326 e. The first-order valence-electron chi connectivity index (χ1n) is 6.17. The predicted octanol–water partition coefficient (Wildman–Crippen LogP) is 2.75. The first-order chi connectivity index (χ1) is 9.11. The van der Waals surface area contributed by atoms with E-state index in [-0.39, 0.29) is 5.69 Å². The van der Waals surface area contributed by atoms with Crippen LogP contribution in [-0.4, -0.2) is 23.1 Å². The van der Waals surface area contributed by atoms with Crippen molar-refractivity contribution in [1.82, 2.24) is 5.32 Å². The summed E-state index contributed by atoms with van der Waals surface area (Å²) in [5.74, 6) is -1.72. The van der Waals surface area contributed by atoms with E-state index in [1.165, 1.54) is 12.1 Å². The van der Waals surface area contributed by atoms with Gasteiger partial charge in [-0.25, -0.2) is 14.0 Å². The third kappa shape index (κ3) is 4.22. The van der Waals surface area contributed by atoms with Gasteiger partial charge in [-0.05, 0) is 30.0 Å². The third-order valence-electron chi connectivity index (χ3n) is 2.76. The van der Waals surface area contributed by atoms with Crippen LogP contribution in [0.5, 0.6) is 0 Å². The SMILES string of the molecule is Cc1ccc(F)c(NC(=O)NC(C(=O)O)C(C)(C)C)c1. The number of carboxylic acids is 1. The topological polar surface area (TPSA) is 78.4 Å². The Hall–Kier alpha value is -2.11. The Balaban J connectivity index is 2.81. The van der Waals surface area contributed by atoms with Crippen molar-refractivity contribution < 1.29 is 19.1 Å². The standard InChI is InChI=1S/C14H19FN2O3/c1-8-5-6-9(15)10(7-8)16-13(20)17-11(12(18)19)14(2,3)4/h5-7,11H,1-4H3,(H,18,19)(H2,16,17,20). The van der Waals surface area contributed by atoms with Gasteiger partial charge in [-0.3, -0.25) is 0 Å². The first kappa shape index (κ1) is 15.9. The van der Waals surface area contributed by atoms with E-state index in [4.69, 9.17) is 5.11 Å². The summed E-state index contributed by atoms with van der Waals surface area (Å²) >= 11 is 0. The van der Waals surface area contributed by atoms with Crippen molar-refractivity contribution >= 4 is 17.7 Å². The van der Waals surface area contributed by atoms with Crippen LogP contribution in [0.15, 0.2) is 18.2 Å². The van der Waals surface area contributed by atoms with Gasteiger partial charge < -0.3 is 15.7 Å². The van der Waals surface area contributed by atoms with Gasteiger partial charge in [0, 0.05) is 0 Å². The summed E-state index contributed by atoms with van der Waals surface area (Å²) in [5, 5.41) is 13.8. The van der Waals surface area contributed by atoms with Crippen molar-refractivity contribution in [3.8, 4) is 0 Å². The van der Waals surface area contributed by atoms with Gasteiger partial charge in [-0.15, -0.1) is 0 Å². The Bertz CT molecular complexity index is 524. The molecule has 1 unspecified atom stereocenters. The normalized spacial score (nSPS) is 12.7. The Morgan fingerprint density at radius 1 is 1.30 bits per heavy atom. The molecule has 1 rings (SSSR count). The molecule has 0 saturated heterocycles. The zero-order chi connectivity index (χ0) is 15.5. The van der Waals surface area contributed by atoms with Gasteiger partial charge in [0.1, 0.15) is 11.9 Å². The molecule has 6 heteroatoms. The summed E-state index contributed by atoms with van der Waals surface area (Å²) in [5.41, 5.74) is 0.141. The number of aliphatic carboxylic acids is 1. The van der Waals surface area contributed by atoms with Crippen molar-refractivity contribution in [1.29, 1.82) is 0 Å². The maximum Gasteiger partial charge on any atom is 0.326 e. The molecule has 3 N–H and O–H groups in total. The van der Waals surface area contributed by atoms with Crippen molar-refractivity contribution in [2.75, 3.05) is 5.32 Å². The number of carboxylic acid groups (broad SMARTS) is 1. The van der Waals surface area contributed by atoms with Crippen molar-refractivity contribution in [3.63, 3.8) is 0 Å². The second-order valence-corrected chi connectivity index (χ2v) is 5.72. The molecule has 0 aliphatic carbocycles. The summed E-state index contributed by atoms with van der Waals surface area (Å²) in [7, 11) is 0. The van der Waals surface area contributed by atoms with Gasteiger partial charge in [0.25, 0.3) is 0 Å². The summed E-state index contributed by atoms with van der Waals surface area (Å²) in [6.45, 7) is 6.84. The molecule has 0 radical (unpaired) electrons. The average molecular weight is 282 g/mol. The number of amides is 2. The molecule has 0 aliphatic rings. The lowest BCUT2D eigenvalue weighted by Gasteiger charge is -2.27. The number of halogens is 1. The molecule has 0 aliphatic heterocycles. The van der Waals surface area contributed by atoms with Gasteiger partial charge in [-0.1, -0.05) is 26.8 Å². The van der Waals surface area contributed by atoms with Crippen LogP contribution >= 0.6 is 0 Å². The Kier molecular flexibility index (Phi) is 4.70. The molecule has 0 aromatic heterocycles. The molecular formula is C14H19FN2O3. The molecule has 0 fully saturated rings. The van der Waals surface area contributed by atoms with Crippen LogP contribution in [0.1, 0.15) is 26.3 Å². The molecule has 20 heavy (non-hydrogen) atoms. The predicted molar refractivity (Wildman–Crippen MR) is 74.2 cm³/mol. The fourth-order valence-electron chi connectivity index (χ4n) is 1.67. The lowest BCUT2D eigenvalue weighted by molar-refractivity contribution is -0.141. The van der Waals surface area contributed by atoms with E-state index in [2.05, 4.69) is 10.6 Å². The largest absolute Gasteiger partial charge is 0.480 e. The molecule has 0 saturated carbocycles. The van der Waals surface area contributed by atoms with Crippen molar-refractivity contribution in [2.24, 2.45) is 5.41 Å². The lowest BCUT2D eigenvalue weighted by atomic mass is 9.87. The number of carbonyl (C=O) groups is 2. The highest BCUT2D eigenvalue weighted by molar-refractivity contribution is 5.92. The van der Waals surface area contributed by atoms with Gasteiger partial charge in [0.15, 0.2) is 0 Å². The van der Waals surface area contributed by atoms with Gasteiger partial charge in [-0.2, -0.15) is 0 Å². The molecule has 0 spiro atoms. The van der Waals surface area contributed by atoms with Crippen LogP contribution in [0.4, 0.5) is 14.9 Å². The van der Waals surface area contributed by atoms with Gasteiger partial charge in [0.05, 0.1) is 5.69 Å². The summed E-state index contributed by atoms with van der Waals surface area (Å²) < 4.78 is 13.5. The molecule has 2 amide bonds. The molecular weight excluding hydrogens is 263 g/mol.